The van der Waals surface area contributed by atoms with Crippen molar-refractivity contribution in [2.45, 2.75) is 38.4 Å². The van der Waals surface area contributed by atoms with Gasteiger partial charge in [-0.25, -0.2) is 0 Å². The Morgan fingerprint density at radius 2 is 2.31 bits per heavy atom. The highest BCUT2D eigenvalue weighted by molar-refractivity contribution is 7.98. The number of ether oxygens (including phenoxy) is 1. The van der Waals surface area contributed by atoms with E-state index in [1.807, 2.05) is 11.8 Å². The molecule has 2 unspecified atom stereocenters. The monoisotopic (exact) mass is 203 g/mol. The molecular weight excluding hydrogens is 182 g/mol. The normalized spacial score (nSPS) is 28.2. The summed E-state index contributed by atoms with van der Waals surface area (Å²) in [4.78, 5) is 0. The molecule has 3 heteroatoms. The molecule has 1 saturated heterocycles. The Morgan fingerprint density at radius 1 is 1.46 bits per heavy atom. The first-order valence-corrected chi connectivity index (χ1v) is 6.57. The molecule has 0 aromatic carbocycles. The van der Waals surface area contributed by atoms with E-state index in [2.05, 4.69) is 18.5 Å². The van der Waals surface area contributed by atoms with Crippen molar-refractivity contribution >= 4 is 11.8 Å². The number of hydrogen-bond acceptors (Lipinski definition) is 3. The molecule has 0 aromatic rings. The van der Waals surface area contributed by atoms with Crippen LogP contribution in [0.25, 0.3) is 0 Å². The molecule has 1 fully saturated rings. The smallest absolute Gasteiger partial charge is 0.0704 e. The summed E-state index contributed by atoms with van der Waals surface area (Å²) in [7, 11) is 0. The Hall–Kier alpha value is 0.270. The third-order valence-corrected chi connectivity index (χ3v) is 3.09. The molecule has 1 heterocycles. The molecule has 2 nitrogen and oxygen atoms in total. The quantitative estimate of drug-likeness (QED) is 0.666. The van der Waals surface area contributed by atoms with Gasteiger partial charge >= 0.3 is 0 Å². The average molecular weight is 203 g/mol. The Bertz CT molecular complexity index is 132. The Balaban J connectivity index is 1.88. The third kappa shape index (κ3) is 4.89. The van der Waals surface area contributed by atoms with Crippen LogP contribution in [-0.2, 0) is 4.74 Å². The van der Waals surface area contributed by atoms with E-state index < -0.39 is 0 Å². The first kappa shape index (κ1) is 11.3. The van der Waals surface area contributed by atoms with Crippen LogP contribution in [-0.4, -0.2) is 37.3 Å². The number of hydrogen-bond donors (Lipinski definition) is 1. The van der Waals surface area contributed by atoms with Crippen LogP contribution >= 0.6 is 11.8 Å². The Morgan fingerprint density at radius 3 is 2.92 bits per heavy atom. The van der Waals surface area contributed by atoms with Gasteiger partial charge < -0.3 is 10.1 Å². The summed E-state index contributed by atoms with van der Waals surface area (Å²) < 4.78 is 5.70. The summed E-state index contributed by atoms with van der Waals surface area (Å²) in [6.45, 7) is 4.33. The molecule has 0 spiro atoms. The van der Waals surface area contributed by atoms with Crippen molar-refractivity contribution in [2.75, 3.05) is 25.1 Å². The molecule has 1 aliphatic rings. The number of thioether (sulfide) groups is 1. The van der Waals surface area contributed by atoms with E-state index in [9.17, 15) is 0 Å². The molecule has 1 aliphatic heterocycles. The van der Waals surface area contributed by atoms with Crippen LogP contribution in [0.1, 0.15) is 26.2 Å². The molecule has 13 heavy (non-hydrogen) atoms. The lowest BCUT2D eigenvalue weighted by Gasteiger charge is -2.11. The van der Waals surface area contributed by atoms with E-state index in [1.165, 1.54) is 25.0 Å². The largest absolute Gasteiger partial charge is 0.374 e. The molecule has 1 N–H and O–H groups in total. The summed E-state index contributed by atoms with van der Waals surface area (Å²) in [6, 6.07) is 0. The lowest BCUT2D eigenvalue weighted by atomic mass is 10.2. The first-order chi connectivity index (χ1) is 6.33. The second-order valence-corrected chi connectivity index (χ2v) is 4.68. The van der Waals surface area contributed by atoms with Crippen molar-refractivity contribution < 1.29 is 4.74 Å². The Labute approximate surface area is 85.8 Å². The minimum absolute atomic E-state index is 0.476. The van der Waals surface area contributed by atoms with E-state index in [0.29, 0.717) is 12.2 Å². The topological polar surface area (TPSA) is 21.3 Å². The van der Waals surface area contributed by atoms with E-state index in [0.717, 1.165) is 13.1 Å². The van der Waals surface area contributed by atoms with E-state index >= 15 is 0 Å². The number of nitrogens with one attached hydrogen (secondary N) is 1. The molecule has 78 valence electrons. The molecule has 1 rings (SSSR count). The maximum atomic E-state index is 5.70. The molecule has 0 aliphatic carbocycles. The number of rotatable bonds is 6. The van der Waals surface area contributed by atoms with Crippen LogP contribution in [0.4, 0.5) is 0 Å². The fourth-order valence-corrected chi connectivity index (χ4v) is 2.07. The predicted octanol–water partition coefficient (Wildman–Crippen LogP) is 1.90. The van der Waals surface area contributed by atoms with Crippen molar-refractivity contribution in [3.8, 4) is 0 Å². The lowest BCUT2D eigenvalue weighted by molar-refractivity contribution is 0.0562. The maximum absolute atomic E-state index is 5.70. The van der Waals surface area contributed by atoms with E-state index in [1.54, 1.807) is 0 Å². The van der Waals surface area contributed by atoms with Crippen LogP contribution in [0, 0.1) is 0 Å². The predicted molar refractivity (Wildman–Crippen MR) is 59.4 cm³/mol. The van der Waals surface area contributed by atoms with Crippen LogP contribution < -0.4 is 5.32 Å². The maximum Gasteiger partial charge on any atom is 0.0704 e. The average Bonchev–Trinajstić information content (AvgIpc) is 2.51. The highest BCUT2D eigenvalue weighted by atomic mass is 32.2. The third-order valence-electron chi connectivity index (χ3n) is 2.39. The van der Waals surface area contributed by atoms with Gasteiger partial charge in [0.15, 0.2) is 0 Å². The molecule has 0 aromatic heterocycles. The van der Waals surface area contributed by atoms with Gasteiger partial charge in [-0.1, -0.05) is 0 Å². The molecule has 0 bridgehead atoms. The van der Waals surface area contributed by atoms with Gasteiger partial charge in [-0.05, 0) is 44.7 Å². The standard InChI is InChI=1S/C10H21NOS/c1-9-4-5-10(12-9)8-11-6-3-7-13-2/h9-11H,3-8H2,1-2H3. The molecule has 0 amide bonds. The summed E-state index contributed by atoms with van der Waals surface area (Å²) in [6.07, 6.45) is 6.85. The van der Waals surface area contributed by atoms with Gasteiger partial charge in [0, 0.05) is 6.54 Å². The van der Waals surface area contributed by atoms with Gasteiger partial charge in [-0.3, -0.25) is 0 Å². The lowest BCUT2D eigenvalue weighted by Crippen LogP contribution is -2.27. The SMILES string of the molecule is CSCCCNCC1CCC(C)O1. The fourth-order valence-electron chi connectivity index (χ4n) is 1.64. The van der Waals surface area contributed by atoms with E-state index in [4.69, 9.17) is 4.74 Å². The van der Waals surface area contributed by atoms with Crippen molar-refractivity contribution in [1.29, 1.82) is 0 Å². The van der Waals surface area contributed by atoms with E-state index in [-0.39, 0.29) is 0 Å². The molecule has 0 radical (unpaired) electrons. The van der Waals surface area contributed by atoms with Crippen LogP contribution in [0.3, 0.4) is 0 Å². The first-order valence-electron chi connectivity index (χ1n) is 5.18. The fraction of sp³-hybridized carbons (Fsp3) is 1.00. The highest BCUT2D eigenvalue weighted by Gasteiger charge is 2.20. The molecule has 2 atom stereocenters. The van der Waals surface area contributed by atoms with Gasteiger partial charge in [0.2, 0.25) is 0 Å². The molecule has 0 saturated carbocycles. The van der Waals surface area contributed by atoms with Crippen LogP contribution in [0.5, 0.6) is 0 Å². The van der Waals surface area contributed by atoms with Crippen molar-refractivity contribution in [1.82, 2.24) is 5.32 Å². The second kappa shape index (κ2) is 6.68. The highest BCUT2D eigenvalue weighted by Crippen LogP contribution is 2.17. The minimum Gasteiger partial charge on any atom is -0.374 e. The van der Waals surface area contributed by atoms with Gasteiger partial charge in [-0.2, -0.15) is 11.8 Å². The van der Waals surface area contributed by atoms with Gasteiger partial charge in [0.25, 0.3) is 0 Å². The molecular formula is C10H21NOS. The van der Waals surface area contributed by atoms with Gasteiger partial charge in [-0.15, -0.1) is 0 Å². The van der Waals surface area contributed by atoms with Crippen LogP contribution in [0.15, 0.2) is 0 Å². The zero-order chi connectivity index (χ0) is 9.52. The van der Waals surface area contributed by atoms with Gasteiger partial charge in [0.05, 0.1) is 12.2 Å². The zero-order valence-corrected chi connectivity index (χ0v) is 9.53. The zero-order valence-electron chi connectivity index (χ0n) is 8.71. The summed E-state index contributed by atoms with van der Waals surface area (Å²) >= 11 is 1.91. The van der Waals surface area contributed by atoms with Crippen molar-refractivity contribution in [2.24, 2.45) is 0 Å². The van der Waals surface area contributed by atoms with Crippen LogP contribution in [0.2, 0.25) is 0 Å². The summed E-state index contributed by atoms with van der Waals surface area (Å²) in [5.41, 5.74) is 0. The van der Waals surface area contributed by atoms with Crippen molar-refractivity contribution in [3.05, 3.63) is 0 Å². The second-order valence-electron chi connectivity index (χ2n) is 3.70. The van der Waals surface area contributed by atoms with Gasteiger partial charge in [0.1, 0.15) is 0 Å². The minimum atomic E-state index is 0.476. The Kier molecular flexibility index (Phi) is 5.83. The van der Waals surface area contributed by atoms with Crippen molar-refractivity contribution in [3.63, 3.8) is 0 Å². The summed E-state index contributed by atoms with van der Waals surface area (Å²) in [5, 5.41) is 3.44. The summed E-state index contributed by atoms with van der Waals surface area (Å²) in [5.74, 6) is 1.26.